The number of hydrogen-bond donors (Lipinski definition) is 1. The van der Waals surface area contributed by atoms with E-state index in [9.17, 15) is 0 Å². The zero-order chi connectivity index (χ0) is 8.27. The van der Waals surface area contributed by atoms with Crippen molar-refractivity contribution in [3.05, 3.63) is 12.7 Å². The maximum absolute atomic E-state index is 5.88. The SMILES string of the molecule is C=CCN1[B]N[B]N(Cl)B1Cl. The van der Waals surface area contributed by atoms with Gasteiger partial charge in [-0.2, -0.15) is 0 Å². The molecule has 2 radical (unpaired) electrons. The van der Waals surface area contributed by atoms with Crippen LogP contribution in [0.4, 0.5) is 0 Å². The van der Waals surface area contributed by atoms with Crippen molar-refractivity contribution in [1.29, 1.82) is 0 Å². The average molecular weight is 187 g/mol. The van der Waals surface area contributed by atoms with Gasteiger partial charge in [0.05, 0.1) is 0 Å². The number of halogens is 2. The topological polar surface area (TPSA) is 18.5 Å². The van der Waals surface area contributed by atoms with Crippen LogP contribution in [0, 0.1) is 0 Å². The summed E-state index contributed by atoms with van der Waals surface area (Å²) in [5.41, 5.74) is 0. The highest BCUT2D eigenvalue weighted by atomic mass is 35.5. The molecule has 1 aliphatic rings. The van der Waals surface area contributed by atoms with Gasteiger partial charge in [-0.25, -0.2) is 0 Å². The van der Waals surface area contributed by atoms with Crippen LogP contribution in [0.3, 0.4) is 0 Å². The number of hydrogen-bond acceptors (Lipinski definition) is 3. The van der Waals surface area contributed by atoms with Gasteiger partial charge in [-0.05, 0) is 18.3 Å². The molecule has 11 heavy (non-hydrogen) atoms. The Labute approximate surface area is 78.4 Å². The summed E-state index contributed by atoms with van der Waals surface area (Å²) < 4.78 is 3.16. The van der Waals surface area contributed by atoms with E-state index in [2.05, 4.69) is 11.7 Å². The molecule has 0 aromatic rings. The quantitative estimate of drug-likeness (QED) is 0.368. The van der Waals surface area contributed by atoms with Crippen molar-refractivity contribution < 1.29 is 0 Å². The second-order valence-electron chi connectivity index (χ2n) is 2.07. The predicted molar refractivity (Wildman–Crippen MR) is 50.8 cm³/mol. The molecule has 1 heterocycles. The molecule has 8 heteroatoms. The Morgan fingerprint density at radius 2 is 2.36 bits per heavy atom. The molecule has 0 bridgehead atoms. The van der Waals surface area contributed by atoms with Crippen molar-refractivity contribution in [2.75, 3.05) is 6.54 Å². The summed E-state index contributed by atoms with van der Waals surface area (Å²) in [5, 5.41) is 2.84. The van der Waals surface area contributed by atoms with Crippen molar-refractivity contribution in [3.8, 4) is 0 Å². The van der Waals surface area contributed by atoms with E-state index >= 15 is 0 Å². The maximum atomic E-state index is 5.88. The Morgan fingerprint density at radius 3 is 3.00 bits per heavy atom. The molecule has 1 rings (SSSR count). The van der Waals surface area contributed by atoms with Gasteiger partial charge >= 0.3 is 13.9 Å². The summed E-state index contributed by atoms with van der Waals surface area (Å²) in [5.74, 6) is 0. The van der Waals surface area contributed by atoms with Crippen LogP contribution < -0.4 is 5.14 Å². The summed E-state index contributed by atoms with van der Waals surface area (Å²) in [7, 11) is 3.33. The van der Waals surface area contributed by atoms with Crippen LogP contribution in [-0.4, -0.2) is 37.0 Å². The van der Waals surface area contributed by atoms with Crippen molar-refractivity contribution in [2.24, 2.45) is 0 Å². The van der Waals surface area contributed by atoms with Gasteiger partial charge in [0.15, 0.2) is 0 Å². The third kappa shape index (κ3) is 2.42. The van der Waals surface area contributed by atoms with E-state index in [4.69, 9.17) is 23.2 Å². The van der Waals surface area contributed by atoms with Crippen molar-refractivity contribution >= 4 is 44.7 Å². The first-order chi connectivity index (χ1) is 5.25. The molecule has 0 atom stereocenters. The molecule has 0 spiro atoms. The van der Waals surface area contributed by atoms with E-state index in [0.29, 0.717) is 6.54 Å². The second-order valence-corrected chi connectivity index (χ2v) is 2.85. The van der Waals surface area contributed by atoms with Gasteiger partial charge in [0, 0.05) is 0 Å². The molecule has 0 saturated carbocycles. The molecule has 56 valence electrons. The Morgan fingerprint density at radius 1 is 1.64 bits per heavy atom. The Bertz CT molecular complexity index is 148. The molecule has 1 N–H and O–H groups in total. The largest absolute Gasteiger partial charge is 0.412 e. The lowest BCUT2D eigenvalue weighted by Gasteiger charge is -2.32. The molecule has 1 saturated heterocycles. The van der Waals surface area contributed by atoms with Gasteiger partial charge < -0.3 is 9.86 Å². The summed E-state index contributed by atoms with van der Waals surface area (Å²) in [4.78, 5) is 0. The molecule has 3 nitrogen and oxygen atoms in total. The number of rotatable bonds is 2. The summed E-state index contributed by atoms with van der Waals surface area (Å²) in [6.07, 6.45) is 1.40. The highest BCUT2D eigenvalue weighted by molar-refractivity contribution is 7.10. The fourth-order valence-electron chi connectivity index (χ4n) is 0.754. The second kappa shape index (κ2) is 4.43. The van der Waals surface area contributed by atoms with Gasteiger partial charge in [0.1, 0.15) is 0 Å². The minimum absolute atomic E-state index is 0.351. The standard InChI is InChI=1S/C3H6B3Cl2N3/c1-2-3-10-4-9-5-11(8)6(10)7/h2,9H,1,3H2. The Kier molecular flexibility index (Phi) is 3.82. The minimum atomic E-state index is -0.351. The number of nitrogens with one attached hydrogen (secondary N) is 1. The van der Waals surface area contributed by atoms with Gasteiger partial charge in [-0.3, -0.25) is 4.24 Å². The molecule has 0 unspecified atom stereocenters. The Balaban J connectivity index is 2.43. The molecular formula is C3H6B3Cl2N3. The highest BCUT2D eigenvalue weighted by Crippen LogP contribution is 2.08. The van der Waals surface area contributed by atoms with Crippen LogP contribution >= 0.6 is 23.2 Å². The van der Waals surface area contributed by atoms with Gasteiger partial charge in [0.2, 0.25) is 0 Å². The lowest BCUT2D eigenvalue weighted by molar-refractivity contribution is 0.693. The van der Waals surface area contributed by atoms with Crippen LogP contribution in [0.2, 0.25) is 0 Å². The molecule has 1 fully saturated rings. The summed E-state index contributed by atoms with van der Waals surface area (Å²) in [6, 6.07) is 0. The van der Waals surface area contributed by atoms with Gasteiger partial charge in [-0.15, -0.1) is 18.0 Å². The normalized spacial score (nSPS) is 20.7. The lowest BCUT2D eigenvalue weighted by atomic mass is 9.79. The zero-order valence-corrected chi connectivity index (χ0v) is 7.39. The van der Waals surface area contributed by atoms with E-state index in [0.717, 1.165) is 0 Å². The van der Waals surface area contributed by atoms with Crippen molar-refractivity contribution in [1.82, 2.24) is 14.1 Å². The zero-order valence-electron chi connectivity index (χ0n) is 5.87. The van der Waals surface area contributed by atoms with E-state index in [-0.39, 0.29) is 6.40 Å². The van der Waals surface area contributed by atoms with Gasteiger partial charge in [-0.1, -0.05) is 6.08 Å². The predicted octanol–water partition coefficient (Wildman–Crippen LogP) is -0.175. The first-order valence-corrected chi connectivity index (χ1v) is 3.90. The van der Waals surface area contributed by atoms with Crippen LogP contribution in [0.25, 0.3) is 0 Å². The van der Waals surface area contributed by atoms with E-state index < -0.39 is 0 Å². The highest BCUT2D eigenvalue weighted by Gasteiger charge is 2.32. The van der Waals surface area contributed by atoms with E-state index in [1.54, 1.807) is 21.2 Å². The van der Waals surface area contributed by atoms with Crippen LogP contribution in [-0.2, 0) is 0 Å². The molecule has 1 aliphatic heterocycles. The third-order valence-corrected chi connectivity index (χ3v) is 2.10. The molecular weight excluding hydrogens is 181 g/mol. The maximum Gasteiger partial charge on any atom is 0.412 e. The fourth-order valence-corrected chi connectivity index (χ4v) is 1.11. The van der Waals surface area contributed by atoms with Gasteiger partial charge in [0.25, 0.3) is 7.55 Å². The first kappa shape index (κ1) is 9.48. The summed E-state index contributed by atoms with van der Waals surface area (Å²) >= 11 is 11.6. The van der Waals surface area contributed by atoms with Crippen molar-refractivity contribution in [2.45, 2.75) is 0 Å². The van der Waals surface area contributed by atoms with Crippen LogP contribution in [0.15, 0.2) is 12.7 Å². The molecule has 0 amide bonds. The third-order valence-electron chi connectivity index (χ3n) is 1.26. The molecule has 0 aromatic carbocycles. The van der Waals surface area contributed by atoms with Crippen LogP contribution in [0.1, 0.15) is 0 Å². The number of nitrogens with zero attached hydrogens (tertiary/aromatic N) is 2. The first-order valence-electron chi connectivity index (χ1n) is 3.13. The molecule has 0 aliphatic carbocycles. The Hall–Kier alpha value is 0.395. The fraction of sp³-hybridized carbons (Fsp3) is 0.333. The smallest absolute Gasteiger partial charge is 0.378 e. The van der Waals surface area contributed by atoms with Crippen molar-refractivity contribution in [3.63, 3.8) is 0 Å². The molecule has 0 aromatic heterocycles. The van der Waals surface area contributed by atoms with Crippen LogP contribution in [0.5, 0.6) is 0 Å². The average Bonchev–Trinajstić information content (AvgIpc) is 1.99. The minimum Gasteiger partial charge on any atom is -0.378 e. The van der Waals surface area contributed by atoms with E-state index in [1.165, 1.54) is 4.24 Å². The lowest BCUT2D eigenvalue weighted by Crippen LogP contribution is -2.61. The summed E-state index contributed by atoms with van der Waals surface area (Å²) in [6.45, 7) is 4.26. The monoisotopic (exact) mass is 187 g/mol. The van der Waals surface area contributed by atoms with E-state index in [1.807, 2.05) is 4.72 Å².